The highest BCUT2D eigenvalue weighted by molar-refractivity contribution is 8.26. The summed E-state index contributed by atoms with van der Waals surface area (Å²) < 4.78 is 5.37. The molecule has 0 unspecified atom stereocenters. The molecule has 0 aliphatic carbocycles. The number of benzene rings is 1. The van der Waals surface area contributed by atoms with E-state index in [9.17, 15) is 4.79 Å². The lowest BCUT2D eigenvalue weighted by Gasteiger charge is -2.12. The van der Waals surface area contributed by atoms with Gasteiger partial charge in [-0.05, 0) is 30.8 Å². The Kier molecular flexibility index (Phi) is 6.81. The standard InChI is InChI=1S/C21H18ClN5O2S/c1-12-8-14(15-9-18(22)26-11-17(15)29-2)16(10-25-12)20(28)27-21(24)30-19(23)13-6-4-3-5-7-13/h3-11,23H,1-2H3,(H2,24,27,28). The van der Waals surface area contributed by atoms with E-state index in [-0.39, 0.29) is 20.9 Å². The van der Waals surface area contributed by atoms with Gasteiger partial charge >= 0.3 is 0 Å². The third-order valence-corrected chi connectivity index (χ3v) is 5.02. The van der Waals surface area contributed by atoms with Gasteiger partial charge in [-0.1, -0.05) is 41.9 Å². The van der Waals surface area contributed by atoms with Gasteiger partial charge in [-0.3, -0.25) is 15.2 Å². The van der Waals surface area contributed by atoms with E-state index in [1.54, 1.807) is 24.3 Å². The number of aromatic nitrogens is 2. The predicted molar refractivity (Wildman–Crippen MR) is 121 cm³/mol. The highest BCUT2D eigenvalue weighted by Crippen LogP contribution is 2.34. The van der Waals surface area contributed by atoms with Gasteiger partial charge in [-0.15, -0.1) is 0 Å². The van der Waals surface area contributed by atoms with E-state index < -0.39 is 5.91 Å². The van der Waals surface area contributed by atoms with Crippen molar-refractivity contribution >= 4 is 39.5 Å². The Morgan fingerprint density at radius 2 is 1.90 bits per heavy atom. The van der Waals surface area contributed by atoms with Crippen LogP contribution in [0.1, 0.15) is 21.6 Å². The summed E-state index contributed by atoms with van der Waals surface area (Å²) in [5.41, 5.74) is 8.68. The SMILES string of the molecule is COc1cnc(Cl)cc1-c1cc(C)ncc1C(=O)N=C(N)SC(=N)c1ccccc1. The number of amidine groups is 1. The van der Waals surface area contributed by atoms with Crippen molar-refractivity contribution in [3.8, 4) is 16.9 Å². The quantitative estimate of drug-likeness (QED) is 0.355. The average molecular weight is 440 g/mol. The van der Waals surface area contributed by atoms with Crippen LogP contribution in [-0.4, -0.2) is 33.2 Å². The van der Waals surface area contributed by atoms with Crippen LogP contribution in [0.15, 0.2) is 59.9 Å². The van der Waals surface area contributed by atoms with Gasteiger partial charge in [0.2, 0.25) is 0 Å². The molecule has 2 aromatic heterocycles. The number of amides is 1. The van der Waals surface area contributed by atoms with Crippen LogP contribution in [0.25, 0.3) is 11.1 Å². The molecule has 0 aliphatic rings. The van der Waals surface area contributed by atoms with Gasteiger partial charge in [0.1, 0.15) is 15.9 Å². The summed E-state index contributed by atoms with van der Waals surface area (Å²) in [5.74, 6) is -0.130. The number of hydrogen-bond acceptors (Lipinski definition) is 6. The van der Waals surface area contributed by atoms with Crippen LogP contribution in [0.5, 0.6) is 5.75 Å². The molecule has 0 radical (unpaired) electrons. The number of carbonyl (C=O) groups excluding carboxylic acids is 1. The molecule has 2 heterocycles. The number of methoxy groups -OCH3 is 1. The Morgan fingerprint density at radius 1 is 1.17 bits per heavy atom. The summed E-state index contributed by atoms with van der Waals surface area (Å²) in [4.78, 5) is 25.1. The first-order chi connectivity index (χ1) is 14.4. The highest BCUT2D eigenvalue weighted by atomic mass is 35.5. The Balaban J connectivity index is 1.94. The maximum Gasteiger partial charge on any atom is 0.281 e. The van der Waals surface area contributed by atoms with Gasteiger partial charge in [-0.25, -0.2) is 4.98 Å². The van der Waals surface area contributed by atoms with Crippen molar-refractivity contribution in [3.63, 3.8) is 0 Å². The molecule has 3 rings (SSSR count). The van der Waals surface area contributed by atoms with Gasteiger partial charge in [0.15, 0.2) is 5.17 Å². The number of hydrogen-bond donors (Lipinski definition) is 2. The van der Waals surface area contributed by atoms with Crippen molar-refractivity contribution in [2.45, 2.75) is 6.92 Å². The molecule has 0 spiro atoms. The highest BCUT2D eigenvalue weighted by Gasteiger charge is 2.18. The lowest BCUT2D eigenvalue weighted by atomic mass is 10.0. The number of carbonyl (C=O) groups is 1. The smallest absolute Gasteiger partial charge is 0.281 e. The van der Waals surface area contributed by atoms with Gasteiger partial charge in [0.05, 0.1) is 18.9 Å². The number of halogens is 1. The average Bonchev–Trinajstić information content (AvgIpc) is 2.74. The van der Waals surface area contributed by atoms with Crippen LogP contribution >= 0.6 is 23.4 Å². The molecule has 0 atom stereocenters. The predicted octanol–water partition coefficient (Wildman–Crippen LogP) is 4.33. The van der Waals surface area contributed by atoms with E-state index in [1.807, 2.05) is 25.1 Å². The van der Waals surface area contributed by atoms with Crippen molar-refractivity contribution in [3.05, 3.63) is 76.8 Å². The molecule has 0 aliphatic heterocycles. The zero-order valence-electron chi connectivity index (χ0n) is 16.2. The molecule has 0 saturated carbocycles. The summed E-state index contributed by atoms with van der Waals surface area (Å²) in [7, 11) is 1.51. The fraction of sp³-hybridized carbons (Fsp3) is 0.0952. The molecular weight excluding hydrogens is 422 g/mol. The van der Waals surface area contributed by atoms with Crippen molar-refractivity contribution in [1.29, 1.82) is 5.41 Å². The van der Waals surface area contributed by atoms with Crippen molar-refractivity contribution in [2.75, 3.05) is 7.11 Å². The normalized spacial score (nSPS) is 11.2. The van der Waals surface area contributed by atoms with Crippen molar-refractivity contribution < 1.29 is 9.53 Å². The van der Waals surface area contributed by atoms with E-state index in [0.717, 1.165) is 11.8 Å². The van der Waals surface area contributed by atoms with Gasteiger partial charge < -0.3 is 10.5 Å². The molecule has 152 valence electrons. The minimum absolute atomic E-state index is 0.0416. The number of nitrogens with one attached hydrogen (secondary N) is 1. The summed E-state index contributed by atoms with van der Waals surface area (Å²) in [6.45, 7) is 1.81. The number of aliphatic imine (C=N–C) groups is 1. The van der Waals surface area contributed by atoms with E-state index in [0.29, 0.717) is 28.1 Å². The first kappa shape index (κ1) is 21.5. The number of pyridine rings is 2. The first-order valence-electron chi connectivity index (χ1n) is 8.76. The third kappa shape index (κ3) is 5.03. The number of nitrogens with two attached hydrogens (primary N) is 1. The number of aryl methyl sites for hydroxylation is 1. The largest absolute Gasteiger partial charge is 0.494 e. The molecule has 0 fully saturated rings. The van der Waals surface area contributed by atoms with Crippen LogP contribution in [0.2, 0.25) is 5.15 Å². The van der Waals surface area contributed by atoms with Crippen LogP contribution in [0.4, 0.5) is 0 Å². The van der Waals surface area contributed by atoms with Gasteiger partial charge in [0, 0.05) is 28.6 Å². The summed E-state index contributed by atoms with van der Waals surface area (Å²) in [5, 5.41) is 8.54. The van der Waals surface area contributed by atoms with Gasteiger partial charge in [0.25, 0.3) is 5.91 Å². The summed E-state index contributed by atoms with van der Waals surface area (Å²) >= 11 is 6.96. The number of ether oxygens (including phenoxy) is 1. The molecule has 3 N–H and O–H groups in total. The molecule has 30 heavy (non-hydrogen) atoms. The monoisotopic (exact) mass is 439 g/mol. The fourth-order valence-corrected chi connectivity index (χ4v) is 3.43. The first-order valence-corrected chi connectivity index (χ1v) is 9.95. The minimum atomic E-state index is -0.585. The Bertz CT molecular complexity index is 1140. The van der Waals surface area contributed by atoms with Crippen molar-refractivity contribution in [2.24, 2.45) is 10.7 Å². The molecule has 9 heteroatoms. The molecule has 1 aromatic carbocycles. The Labute approximate surface area is 182 Å². The zero-order valence-corrected chi connectivity index (χ0v) is 17.8. The van der Waals surface area contributed by atoms with E-state index >= 15 is 0 Å². The second-order valence-electron chi connectivity index (χ2n) is 6.13. The lowest BCUT2D eigenvalue weighted by Crippen LogP contribution is -2.14. The third-order valence-electron chi connectivity index (χ3n) is 4.07. The van der Waals surface area contributed by atoms with Crippen LogP contribution < -0.4 is 10.5 Å². The van der Waals surface area contributed by atoms with E-state index in [4.69, 9.17) is 27.5 Å². The van der Waals surface area contributed by atoms with Crippen LogP contribution in [0.3, 0.4) is 0 Å². The number of thioether (sulfide) groups is 1. The lowest BCUT2D eigenvalue weighted by molar-refractivity contribution is 0.100. The topological polar surface area (TPSA) is 114 Å². The Hall–Kier alpha value is -3.23. The van der Waals surface area contributed by atoms with Crippen LogP contribution in [0, 0.1) is 12.3 Å². The number of rotatable bonds is 4. The molecule has 0 saturated heterocycles. The second-order valence-corrected chi connectivity index (χ2v) is 7.55. The molecule has 0 bridgehead atoms. The van der Waals surface area contributed by atoms with Crippen molar-refractivity contribution in [1.82, 2.24) is 9.97 Å². The summed E-state index contributed by atoms with van der Waals surface area (Å²) in [6, 6.07) is 12.4. The fourth-order valence-electron chi connectivity index (χ4n) is 2.68. The van der Waals surface area contributed by atoms with E-state index in [2.05, 4.69) is 15.0 Å². The maximum absolute atomic E-state index is 12.9. The van der Waals surface area contributed by atoms with Crippen LogP contribution in [-0.2, 0) is 0 Å². The van der Waals surface area contributed by atoms with Gasteiger partial charge in [-0.2, -0.15) is 4.99 Å². The molecular formula is C21H18ClN5O2S. The molecule has 7 nitrogen and oxygen atoms in total. The Morgan fingerprint density at radius 3 is 2.60 bits per heavy atom. The minimum Gasteiger partial charge on any atom is -0.494 e. The maximum atomic E-state index is 12.9. The zero-order chi connectivity index (χ0) is 21.7. The summed E-state index contributed by atoms with van der Waals surface area (Å²) in [6.07, 6.45) is 2.92. The number of nitrogens with zero attached hydrogens (tertiary/aromatic N) is 3. The molecule has 1 amide bonds. The molecule has 3 aromatic rings. The second kappa shape index (κ2) is 9.51. The van der Waals surface area contributed by atoms with E-state index in [1.165, 1.54) is 19.5 Å².